The minimum absolute atomic E-state index is 0.590. The number of aryl methyl sites for hydroxylation is 1. The maximum Gasteiger partial charge on any atom is 0.114 e. The third-order valence-electron chi connectivity index (χ3n) is 3.42. The van der Waals surface area contributed by atoms with Crippen LogP contribution in [0, 0.1) is 6.92 Å². The van der Waals surface area contributed by atoms with E-state index < -0.39 is 0 Å². The summed E-state index contributed by atoms with van der Waals surface area (Å²) in [6, 6.07) is 10.6. The number of benzene rings is 1. The Morgan fingerprint density at radius 1 is 1.29 bits per heavy atom. The van der Waals surface area contributed by atoms with Gasteiger partial charge < -0.3 is 9.88 Å². The van der Waals surface area contributed by atoms with E-state index in [-0.39, 0.29) is 0 Å². The van der Waals surface area contributed by atoms with Gasteiger partial charge in [0.1, 0.15) is 5.82 Å². The Balaban J connectivity index is 1.89. The first kappa shape index (κ1) is 10.5. The second-order valence-corrected chi connectivity index (χ2v) is 4.68. The monoisotopic (exact) mass is 227 g/mol. The molecule has 1 aromatic heterocycles. The predicted molar refractivity (Wildman–Crippen MR) is 68.1 cm³/mol. The van der Waals surface area contributed by atoms with E-state index in [9.17, 15) is 0 Å². The Morgan fingerprint density at radius 2 is 2.06 bits per heavy atom. The van der Waals surface area contributed by atoms with Crippen molar-refractivity contribution in [2.75, 3.05) is 13.1 Å². The van der Waals surface area contributed by atoms with Gasteiger partial charge in [0.05, 0.1) is 0 Å². The summed E-state index contributed by atoms with van der Waals surface area (Å²) in [5, 5.41) is 3.31. The fourth-order valence-corrected chi connectivity index (χ4v) is 2.25. The molecule has 0 amide bonds. The summed E-state index contributed by atoms with van der Waals surface area (Å²) in [7, 11) is 0. The van der Waals surface area contributed by atoms with E-state index in [1.807, 2.05) is 6.20 Å². The van der Waals surface area contributed by atoms with Gasteiger partial charge >= 0.3 is 0 Å². The van der Waals surface area contributed by atoms with Crippen LogP contribution in [0.2, 0.25) is 0 Å². The van der Waals surface area contributed by atoms with Crippen LogP contribution in [-0.2, 0) is 6.54 Å². The molecule has 1 N–H and O–H groups in total. The molecule has 0 saturated carbocycles. The highest BCUT2D eigenvalue weighted by molar-refractivity contribution is 5.19. The Kier molecular flexibility index (Phi) is 2.69. The molecule has 3 rings (SSSR count). The zero-order chi connectivity index (χ0) is 11.7. The number of aromatic nitrogens is 2. The van der Waals surface area contributed by atoms with Crippen LogP contribution in [0.25, 0.3) is 0 Å². The summed E-state index contributed by atoms with van der Waals surface area (Å²) in [5.41, 5.74) is 2.58. The molecule has 3 heteroatoms. The second kappa shape index (κ2) is 4.34. The zero-order valence-electron chi connectivity index (χ0n) is 10.1. The fourth-order valence-electron chi connectivity index (χ4n) is 2.25. The molecule has 88 valence electrons. The molecule has 1 fully saturated rings. The zero-order valence-corrected chi connectivity index (χ0v) is 10.1. The van der Waals surface area contributed by atoms with Crippen molar-refractivity contribution in [3.05, 3.63) is 53.6 Å². The van der Waals surface area contributed by atoms with E-state index >= 15 is 0 Å². The van der Waals surface area contributed by atoms with Crippen molar-refractivity contribution in [1.29, 1.82) is 0 Å². The van der Waals surface area contributed by atoms with Gasteiger partial charge in [0.15, 0.2) is 0 Å². The van der Waals surface area contributed by atoms with E-state index in [2.05, 4.69) is 52.1 Å². The average Bonchev–Trinajstić information content (AvgIpc) is 2.61. The van der Waals surface area contributed by atoms with Crippen LogP contribution in [0.3, 0.4) is 0 Å². The lowest BCUT2D eigenvalue weighted by Gasteiger charge is -2.27. The molecular weight excluding hydrogens is 210 g/mol. The Hall–Kier alpha value is -1.61. The largest absolute Gasteiger partial charge is 0.328 e. The second-order valence-electron chi connectivity index (χ2n) is 4.68. The number of hydrogen-bond donors (Lipinski definition) is 1. The third kappa shape index (κ3) is 1.98. The van der Waals surface area contributed by atoms with Gasteiger partial charge in [-0.25, -0.2) is 4.98 Å². The topological polar surface area (TPSA) is 29.9 Å². The van der Waals surface area contributed by atoms with Gasteiger partial charge in [0, 0.05) is 37.4 Å². The minimum atomic E-state index is 0.590. The fraction of sp³-hybridized carbons (Fsp3) is 0.357. The van der Waals surface area contributed by atoms with Crippen molar-refractivity contribution in [2.45, 2.75) is 19.4 Å². The lowest BCUT2D eigenvalue weighted by atomic mass is 10.0. The van der Waals surface area contributed by atoms with Crippen molar-refractivity contribution in [1.82, 2.24) is 14.9 Å². The third-order valence-corrected chi connectivity index (χ3v) is 3.42. The van der Waals surface area contributed by atoms with E-state index in [0.29, 0.717) is 5.92 Å². The first-order valence-electron chi connectivity index (χ1n) is 6.11. The predicted octanol–water partition coefficient (Wildman–Crippen LogP) is 1.93. The standard InChI is InChI=1S/C14H17N3/c1-11-7-16-14(13-8-15-9-13)17(11)10-12-5-3-2-4-6-12/h2-7,13,15H,8-10H2,1H3. The molecule has 0 unspecified atom stereocenters. The average molecular weight is 227 g/mol. The summed E-state index contributed by atoms with van der Waals surface area (Å²) in [6.45, 7) is 5.18. The first-order chi connectivity index (χ1) is 8.34. The van der Waals surface area contributed by atoms with E-state index in [4.69, 9.17) is 0 Å². The van der Waals surface area contributed by atoms with Crippen molar-refractivity contribution in [3.8, 4) is 0 Å². The van der Waals surface area contributed by atoms with Gasteiger partial charge in [-0.3, -0.25) is 0 Å². The van der Waals surface area contributed by atoms with Crippen LogP contribution >= 0.6 is 0 Å². The molecule has 1 aliphatic heterocycles. The van der Waals surface area contributed by atoms with Gasteiger partial charge in [-0.15, -0.1) is 0 Å². The van der Waals surface area contributed by atoms with Crippen LogP contribution in [0.1, 0.15) is 23.0 Å². The molecule has 2 aromatic rings. The molecule has 1 aromatic carbocycles. The molecule has 2 heterocycles. The summed E-state index contributed by atoms with van der Waals surface area (Å²) in [5.74, 6) is 1.82. The van der Waals surface area contributed by atoms with E-state index in [1.54, 1.807) is 0 Å². The summed E-state index contributed by atoms with van der Waals surface area (Å²) in [6.07, 6.45) is 1.98. The molecule has 0 bridgehead atoms. The smallest absolute Gasteiger partial charge is 0.114 e. The Morgan fingerprint density at radius 3 is 2.71 bits per heavy atom. The number of nitrogens with zero attached hydrogens (tertiary/aromatic N) is 2. The molecule has 0 aliphatic carbocycles. The molecule has 0 atom stereocenters. The van der Waals surface area contributed by atoms with Crippen LogP contribution < -0.4 is 5.32 Å². The number of nitrogens with one attached hydrogen (secondary N) is 1. The maximum absolute atomic E-state index is 4.56. The van der Waals surface area contributed by atoms with E-state index in [0.717, 1.165) is 19.6 Å². The molecule has 0 spiro atoms. The Labute approximate surface area is 101 Å². The summed E-state index contributed by atoms with van der Waals surface area (Å²) >= 11 is 0. The highest BCUT2D eigenvalue weighted by Crippen LogP contribution is 2.20. The lowest BCUT2D eigenvalue weighted by molar-refractivity contribution is 0.416. The number of imidazole rings is 1. The van der Waals surface area contributed by atoms with Crippen molar-refractivity contribution >= 4 is 0 Å². The SMILES string of the molecule is Cc1cnc(C2CNC2)n1Cc1ccccc1. The van der Waals surface area contributed by atoms with Gasteiger partial charge in [0.25, 0.3) is 0 Å². The van der Waals surface area contributed by atoms with Gasteiger partial charge in [-0.2, -0.15) is 0 Å². The number of hydrogen-bond acceptors (Lipinski definition) is 2. The highest BCUT2D eigenvalue weighted by Gasteiger charge is 2.24. The maximum atomic E-state index is 4.56. The molecular formula is C14H17N3. The summed E-state index contributed by atoms with van der Waals surface area (Å²) < 4.78 is 2.33. The molecule has 1 aliphatic rings. The van der Waals surface area contributed by atoms with Crippen LogP contribution in [-0.4, -0.2) is 22.6 Å². The highest BCUT2D eigenvalue weighted by atomic mass is 15.1. The van der Waals surface area contributed by atoms with Crippen molar-refractivity contribution in [2.24, 2.45) is 0 Å². The molecule has 17 heavy (non-hydrogen) atoms. The van der Waals surface area contributed by atoms with Crippen molar-refractivity contribution in [3.63, 3.8) is 0 Å². The first-order valence-corrected chi connectivity index (χ1v) is 6.11. The molecule has 1 saturated heterocycles. The lowest BCUT2D eigenvalue weighted by Crippen LogP contribution is -2.41. The van der Waals surface area contributed by atoms with Crippen LogP contribution in [0.4, 0.5) is 0 Å². The summed E-state index contributed by atoms with van der Waals surface area (Å²) in [4.78, 5) is 4.56. The van der Waals surface area contributed by atoms with Gasteiger partial charge in [0.2, 0.25) is 0 Å². The normalized spacial score (nSPS) is 15.8. The van der Waals surface area contributed by atoms with Crippen LogP contribution in [0.15, 0.2) is 36.5 Å². The van der Waals surface area contributed by atoms with Gasteiger partial charge in [-0.1, -0.05) is 30.3 Å². The number of rotatable bonds is 3. The Bertz CT molecular complexity index is 497. The quantitative estimate of drug-likeness (QED) is 0.868. The van der Waals surface area contributed by atoms with Crippen molar-refractivity contribution < 1.29 is 0 Å². The molecule has 3 nitrogen and oxygen atoms in total. The minimum Gasteiger partial charge on any atom is -0.328 e. The van der Waals surface area contributed by atoms with Crippen LogP contribution in [0.5, 0.6) is 0 Å². The van der Waals surface area contributed by atoms with Gasteiger partial charge in [-0.05, 0) is 12.5 Å². The van der Waals surface area contributed by atoms with E-state index in [1.165, 1.54) is 17.1 Å². The molecule has 0 radical (unpaired) electrons.